The summed E-state index contributed by atoms with van der Waals surface area (Å²) in [6, 6.07) is 13.3. The van der Waals surface area contributed by atoms with Gasteiger partial charge in [0.25, 0.3) is 0 Å². The highest BCUT2D eigenvalue weighted by molar-refractivity contribution is 5.91. The minimum atomic E-state index is -0.0781. The van der Waals surface area contributed by atoms with Crippen LogP contribution in [0.4, 0.5) is 5.69 Å². The largest absolute Gasteiger partial charge is 0.339 e. The average Bonchev–Trinajstić information content (AvgIpc) is 3.10. The van der Waals surface area contributed by atoms with Crippen molar-refractivity contribution < 1.29 is 9.32 Å². The average molecular weight is 336 g/mol. The highest BCUT2D eigenvalue weighted by atomic mass is 16.5. The number of hydrogen-bond donors (Lipinski definition) is 1. The third-order valence-corrected chi connectivity index (χ3v) is 3.78. The normalized spacial score (nSPS) is 10.8. The number of nitrogens with one attached hydrogen (secondary N) is 1. The van der Waals surface area contributed by atoms with Crippen LogP contribution in [0.25, 0.3) is 11.5 Å². The molecule has 0 saturated carbocycles. The van der Waals surface area contributed by atoms with Gasteiger partial charge in [0.1, 0.15) is 5.69 Å². The molecule has 0 spiro atoms. The molecule has 2 aromatic heterocycles. The maximum atomic E-state index is 12.2. The lowest BCUT2D eigenvalue weighted by Gasteiger charge is -2.13. The van der Waals surface area contributed by atoms with Crippen LogP contribution in [-0.4, -0.2) is 21.0 Å². The Bertz CT molecular complexity index is 843. The van der Waals surface area contributed by atoms with E-state index in [4.69, 9.17) is 4.52 Å². The van der Waals surface area contributed by atoms with Gasteiger partial charge in [-0.1, -0.05) is 43.3 Å². The number of carbonyl (C=O) groups is 1. The van der Waals surface area contributed by atoms with E-state index >= 15 is 0 Å². The van der Waals surface area contributed by atoms with Gasteiger partial charge >= 0.3 is 0 Å². The fourth-order valence-corrected chi connectivity index (χ4v) is 2.50. The smallest absolute Gasteiger partial charge is 0.227 e. The maximum Gasteiger partial charge on any atom is 0.227 e. The predicted molar refractivity (Wildman–Crippen MR) is 95.0 cm³/mol. The van der Waals surface area contributed by atoms with Gasteiger partial charge in [-0.15, -0.1) is 0 Å². The van der Waals surface area contributed by atoms with Crippen LogP contribution in [0.5, 0.6) is 0 Å². The van der Waals surface area contributed by atoms with Gasteiger partial charge in [-0.05, 0) is 29.7 Å². The lowest BCUT2D eigenvalue weighted by atomic mass is 10.0. The molecule has 0 aliphatic carbocycles. The van der Waals surface area contributed by atoms with E-state index in [9.17, 15) is 4.79 Å². The van der Waals surface area contributed by atoms with Gasteiger partial charge in [0.2, 0.25) is 17.6 Å². The predicted octanol–water partition coefficient (Wildman–Crippen LogP) is 3.83. The molecule has 3 rings (SSSR count). The highest BCUT2D eigenvalue weighted by Crippen LogP contribution is 2.23. The third kappa shape index (κ3) is 4.29. The van der Waals surface area contributed by atoms with Crippen LogP contribution in [0.3, 0.4) is 0 Å². The number of para-hydroxylation sites is 1. The molecular formula is C19H20N4O2. The maximum absolute atomic E-state index is 12.2. The number of anilines is 1. The Balaban J connectivity index is 1.59. The van der Waals surface area contributed by atoms with E-state index < -0.39 is 0 Å². The van der Waals surface area contributed by atoms with Crippen LogP contribution in [0, 0.1) is 0 Å². The molecule has 1 amide bonds. The molecule has 0 unspecified atom stereocenters. The van der Waals surface area contributed by atoms with Crippen LogP contribution in [0.15, 0.2) is 53.2 Å². The van der Waals surface area contributed by atoms with Crippen LogP contribution in [-0.2, 0) is 11.2 Å². The Kier molecular flexibility index (Phi) is 5.18. The topological polar surface area (TPSA) is 80.9 Å². The van der Waals surface area contributed by atoms with Crippen LogP contribution < -0.4 is 5.32 Å². The van der Waals surface area contributed by atoms with E-state index in [0.29, 0.717) is 29.7 Å². The van der Waals surface area contributed by atoms with E-state index in [1.165, 1.54) is 0 Å². The molecule has 0 fully saturated rings. The molecule has 6 nitrogen and oxygen atoms in total. The van der Waals surface area contributed by atoms with Crippen LogP contribution in [0.1, 0.15) is 37.6 Å². The monoisotopic (exact) mass is 336 g/mol. The van der Waals surface area contributed by atoms with E-state index in [0.717, 1.165) is 11.3 Å². The zero-order chi connectivity index (χ0) is 17.6. The fourth-order valence-electron chi connectivity index (χ4n) is 2.50. The van der Waals surface area contributed by atoms with Crippen molar-refractivity contribution in [1.82, 2.24) is 15.1 Å². The van der Waals surface area contributed by atoms with Crippen LogP contribution in [0.2, 0.25) is 0 Å². The van der Waals surface area contributed by atoms with Crippen molar-refractivity contribution in [2.45, 2.75) is 32.6 Å². The van der Waals surface area contributed by atoms with Gasteiger partial charge in [-0.25, -0.2) is 0 Å². The number of hydrogen-bond acceptors (Lipinski definition) is 5. The second-order valence-corrected chi connectivity index (χ2v) is 6.02. The van der Waals surface area contributed by atoms with Crippen molar-refractivity contribution >= 4 is 11.6 Å². The molecule has 1 N–H and O–H groups in total. The summed E-state index contributed by atoms with van der Waals surface area (Å²) in [7, 11) is 0. The quantitative estimate of drug-likeness (QED) is 0.740. The SMILES string of the molecule is CC(C)c1ccccc1NC(=O)CCc1nc(-c2ccccn2)no1. The summed E-state index contributed by atoms with van der Waals surface area (Å²) >= 11 is 0. The lowest BCUT2D eigenvalue weighted by Crippen LogP contribution is -2.14. The number of aromatic nitrogens is 3. The molecule has 0 radical (unpaired) electrons. The van der Waals surface area contributed by atoms with Crippen molar-refractivity contribution in [2.75, 3.05) is 5.32 Å². The molecule has 0 atom stereocenters. The Morgan fingerprint density at radius 2 is 1.96 bits per heavy atom. The fraction of sp³-hybridized carbons (Fsp3) is 0.263. The van der Waals surface area contributed by atoms with Gasteiger partial charge < -0.3 is 9.84 Å². The number of pyridine rings is 1. The molecule has 6 heteroatoms. The molecule has 0 saturated heterocycles. The number of carbonyl (C=O) groups excluding carboxylic acids is 1. The first-order valence-corrected chi connectivity index (χ1v) is 8.26. The minimum Gasteiger partial charge on any atom is -0.339 e. The summed E-state index contributed by atoms with van der Waals surface area (Å²) in [4.78, 5) is 20.7. The summed E-state index contributed by atoms with van der Waals surface area (Å²) in [5, 5.41) is 6.86. The molecule has 2 heterocycles. The number of nitrogens with zero attached hydrogens (tertiary/aromatic N) is 3. The summed E-state index contributed by atoms with van der Waals surface area (Å²) in [6.45, 7) is 4.20. The second kappa shape index (κ2) is 7.70. The molecule has 128 valence electrons. The third-order valence-electron chi connectivity index (χ3n) is 3.78. The molecule has 0 aliphatic heterocycles. The molecule has 1 aromatic carbocycles. The van der Waals surface area contributed by atoms with Gasteiger partial charge in [0, 0.05) is 24.7 Å². The Hall–Kier alpha value is -3.02. The van der Waals surface area contributed by atoms with E-state index in [2.05, 4.69) is 34.3 Å². The van der Waals surface area contributed by atoms with Crippen molar-refractivity contribution in [3.8, 4) is 11.5 Å². The Labute approximate surface area is 146 Å². The standard InChI is InChI=1S/C19H20N4O2/c1-13(2)14-7-3-4-8-15(14)21-17(24)10-11-18-22-19(23-25-18)16-9-5-6-12-20-16/h3-9,12-13H,10-11H2,1-2H3,(H,21,24). The number of rotatable bonds is 6. The summed E-state index contributed by atoms with van der Waals surface area (Å²) in [5.41, 5.74) is 2.61. The first-order valence-electron chi connectivity index (χ1n) is 8.26. The van der Waals surface area contributed by atoms with Crippen molar-refractivity contribution in [2.24, 2.45) is 0 Å². The number of benzene rings is 1. The zero-order valence-corrected chi connectivity index (χ0v) is 14.3. The van der Waals surface area contributed by atoms with E-state index in [1.807, 2.05) is 42.5 Å². The highest BCUT2D eigenvalue weighted by Gasteiger charge is 2.13. The van der Waals surface area contributed by atoms with Crippen molar-refractivity contribution in [3.63, 3.8) is 0 Å². The molecule has 3 aromatic rings. The van der Waals surface area contributed by atoms with Gasteiger partial charge in [0.15, 0.2) is 0 Å². The summed E-state index contributed by atoms with van der Waals surface area (Å²) in [6.07, 6.45) is 2.33. The van der Waals surface area contributed by atoms with Crippen molar-refractivity contribution in [1.29, 1.82) is 0 Å². The zero-order valence-electron chi connectivity index (χ0n) is 14.3. The second-order valence-electron chi connectivity index (χ2n) is 6.02. The molecule has 0 bridgehead atoms. The number of aryl methyl sites for hydroxylation is 1. The van der Waals surface area contributed by atoms with Gasteiger partial charge in [-0.2, -0.15) is 4.98 Å². The summed E-state index contributed by atoms with van der Waals surface area (Å²) < 4.78 is 5.20. The minimum absolute atomic E-state index is 0.0781. The summed E-state index contributed by atoms with van der Waals surface area (Å²) in [5.74, 6) is 1.12. The first-order chi connectivity index (χ1) is 12.1. The molecule has 0 aliphatic rings. The van der Waals surface area contributed by atoms with Gasteiger partial charge in [-0.3, -0.25) is 9.78 Å². The molecular weight excluding hydrogens is 316 g/mol. The molecule has 25 heavy (non-hydrogen) atoms. The van der Waals surface area contributed by atoms with Crippen molar-refractivity contribution in [3.05, 3.63) is 60.1 Å². The van der Waals surface area contributed by atoms with E-state index in [1.54, 1.807) is 6.20 Å². The van der Waals surface area contributed by atoms with E-state index in [-0.39, 0.29) is 12.3 Å². The Morgan fingerprint density at radius 1 is 1.16 bits per heavy atom. The Morgan fingerprint density at radius 3 is 2.72 bits per heavy atom. The first kappa shape index (κ1) is 16.8. The lowest BCUT2D eigenvalue weighted by molar-refractivity contribution is -0.116. The van der Waals surface area contributed by atoms with Gasteiger partial charge in [0.05, 0.1) is 0 Å². The van der Waals surface area contributed by atoms with Crippen LogP contribution >= 0.6 is 0 Å². The number of amides is 1.